The normalized spacial score (nSPS) is 16.6. The van der Waals surface area contributed by atoms with Crippen molar-refractivity contribution in [3.8, 4) is 11.5 Å². The Hall–Kier alpha value is -3.01. The van der Waals surface area contributed by atoms with Crippen LogP contribution in [-0.4, -0.2) is 35.6 Å². The summed E-state index contributed by atoms with van der Waals surface area (Å²) in [7, 11) is 0. The van der Waals surface area contributed by atoms with E-state index >= 15 is 0 Å². The Morgan fingerprint density at radius 2 is 1.67 bits per heavy atom. The highest BCUT2D eigenvalue weighted by atomic mass is 16.5. The Labute approximate surface area is 178 Å². The van der Waals surface area contributed by atoms with Gasteiger partial charge in [0.1, 0.15) is 23.7 Å². The molecule has 1 amide bonds. The molecule has 0 spiro atoms. The van der Waals surface area contributed by atoms with E-state index in [9.17, 15) is 4.79 Å². The largest absolute Gasteiger partial charge is 0.491 e. The summed E-state index contributed by atoms with van der Waals surface area (Å²) in [6, 6.07) is 21.8. The molecule has 1 aliphatic rings. The van der Waals surface area contributed by atoms with Gasteiger partial charge < -0.3 is 14.4 Å². The first-order valence-electron chi connectivity index (χ1n) is 10.6. The van der Waals surface area contributed by atoms with Crippen molar-refractivity contribution in [1.82, 2.24) is 4.90 Å². The van der Waals surface area contributed by atoms with E-state index in [-0.39, 0.29) is 17.6 Å². The second-order valence-electron chi connectivity index (χ2n) is 8.82. The lowest BCUT2D eigenvalue weighted by atomic mass is 10.0. The fourth-order valence-corrected chi connectivity index (χ4v) is 3.99. The molecule has 1 aliphatic heterocycles. The zero-order chi connectivity index (χ0) is 21.1. The van der Waals surface area contributed by atoms with Gasteiger partial charge in [0.05, 0.1) is 6.04 Å². The average Bonchev–Trinajstić information content (AvgIpc) is 3.20. The van der Waals surface area contributed by atoms with Crippen molar-refractivity contribution in [1.29, 1.82) is 0 Å². The first kappa shape index (κ1) is 20.3. The van der Waals surface area contributed by atoms with Crippen LogP contribution in [-0.2, 0) is 0 Å². The van der Waals surface area contributed by atoms with Crippen LogP contribution in [0.1, 0.15) is 44.0 Å². The minimum atomic E-state index is -0.227. The van der Waals surface area contributed by atoms with Gasteiger partial charge in [-0.1, -0.05) is 36.4 Å². The van der Waals surface area contributed by atoms with E-state index in [1.807, 2.05) is 92.4 Å². The standard InChI is InChI=1S/C26H29NO3/c1-26(2,3)30-22-15-13-21(14-16-22)29-18-20-10-7-17-27(20)25(28)24-12-6-9-19-8-4-5-11-23(19)24/h4-6,8-9,11-16,20H,7,10,17-18H2,1-3H3. The minimum absolute atomic E-state index is 0.0852. The number of carbonyl (C=O) groups excluding carboxylic acids is 1. The molecule has 0 N–H and O–H groups in total. The van der Waals surface area contributed by atoms with Gasteiger partial charge in [0.25, 0.3) is 5.91 Å². The molecule has 3 aromatic carbocycles. The number of nitrogens with zero attached hydrogens (tertiary/aromatic N) is 1. The molecule has 0 aliphatic carbocycles. The number of amides is 1. The van der Waals surface area contributed by atoms with Gasteiger partial charge in [-0.3, -0.25) is 4.79 Å². The molecule has 1 atom stereocenters. The third-order valence-electron chi connectivity index (χ3n) is 5.35. The summed E-state index contributed by atoms with van der Waals surface area (Å²) in [5, 5.41) is 2.10. The predicted molar refractivity (Wildman–Crippen MR) is 120 cm³/mol. The topological polar surface area (TPSA) is 38.8 Å². The van der Waals surface area contributed by atoms with Crippen molar-refractivity contribution in [2.45, 2.75) is 45.3 Å². The van der Waals surface area contributed by atoms with Crippen LogP contribution in [0.25, 0.3) is 10.8 Å². The van der Waals surface area contributed by atoms with Crippen molar-refractivity contribution < 1.29 is 14.3 Å². The van der Waals surface area contributed by atoms with Crippen molar-refractivity contribution >= 4 is 16.7 Å². The molecule has 1 fully saturated rings. The van der Waals surface area contributed by atoms with E-state index in [0.717, 1.165) is 47.2 Å². The second-order valence-corrected chi connectivity index (χ2v) is 8.82. The molecule has 3 aromatic rings. The lowest BCUT2D eigenvalue weighted by Gasteiger charge is -2.25. The zero-order valence-corrected chi connectivity index (χ0v) is 17.9. The second kappa shape index (κ2) is 8.39. The summed E-state index contributed by atoms with van der Waals surface area (Å²) < 4.78 is 11.9. The molecule has 0 saturated carbocycles. The van der Waals surface area contributed by atoms with Crippen LogP contribution < -0.4 is 9.47 Å². The highest BCUT2D eigenvalue weighted by molar-refractivity contribution is 6.07. The van der Waals surface area contributed by atoms with Gasteiger partial charge in [-0.15, -0.1) is 0 Å². The van der Waals surface area contributed by atoms with Crippen LogP contribution in [0.3, 0.4) is 0 Å². The SMILES string of the molecule is CC(C)(C)Oc1ccc(OCC2CCCN2C(=O)c2cccc3ccccc23)cc1. The van der Waals surface area contributed by atoms with Gasteiger partial charge in [-0.25, -0.2) is 0 Å². The fourth-order valence-electron chi connectivity index (χ4n) is 3.99. The van der Waals surface area contributed by atoms with E-state index in [1.165, 1.54) is 0 Å². The highest BCUT2D eigenvalue weighted by Crippen LogP contribution is 2.26. The lowest BCUT2D eigenvalue weighted by molar-refractivity contribution is 0.0693. The average molecular weight is 404 g/mol. The number of hydrogen-bond donors (Lipinski definition) is 0. The minimum Gasteiger partial charge on any atom is -0.491 e. The van der Waals surface area contributed by atoms with Crippen molar-refractivity contribution in [2.24, 2.45) is 0 Å². The van der Waals surface area contributed by atoms with Crippen LogP contribution in [0.5, 0.6) is 11.5 Å². The number of ether oxygens (including phenoxy) is 2. The quantitative estimate of drug-likeness (QED) is 0.548. The van der Waals surface area contributed by atoms with Gasteiger partial charge >= 0.3 is 0 Å². The van der Waals surface area contributed by atoms with E-state index in [0.29, 0.717) is 6.61 Å². The van der Waals surface area contributed by atoms with Crippen molar-refractivity contribution in [3.05, 3.63) is 72.3 Å². The molecule has 4 heteroatoms. The monoisotopic (exact) mass is 403 g/mol. The van der Waals surface area contributed by atoms with Crippen LogP contribution in [0, 0.1) is 0 Å². The Kier molecular flexibility index (Phi) is 5.67. The molecule has 0 bridgehead atoms. The molecule has 4 nitrogen and oxygen atoms in total. The van der Waals surface area contributed by atoms with Crippen LogP contribution >= 0.6 is 0 Å². The molecule has 156 valence electrons. The number of benzene rings is 3. The van der Waals surface area contributed by atoms with E-state index in [4.69, 9.17) is 9.47 Å². The predicted octanol–water partition coefficient (Wildman–Crippen LogP) is 5.70. The summed E-state index contributed by atoms with van der Waals surface area (Å²) in [5.74, 6) is 1.70. The molecule has 0 aromatic heterocycles. The number of fused-ring (bicyclic) bond motifs is 1. The van der Waals surface area contributed by atoms with Crippen LogP contribution in [0.15, 0.2) is 66.7 Å². The molecule has 1 saturated heterocycles. The first-order valence-corrected chi connectivity index (χ1v) is 10.6. The van der Waals surface area contributed by atoms with Crippen molar-refractivity contribution in [3.63, 3.8) is 0 Å². The summed E-state index contributed by atoms with van der Waals surface area (Å²) in [6.45, 7) is 7.35. The fraction of sp³-hybridized carbons (Fsp3) is 0.346. The summed E-state index contributed by atoms with van der Waals surface area (Å²) in [5.41, 5.74) is 0.540. The van der Waals surface area contributed by atoms with Gasteiger partial charge in [-0.05, 0) is 74.7 Å². The van der Waals surface area contributed by atoms with Crippen molar-refractivity contribution in [2.75, 3.05) is 13.2 Å². The Balaban J connectivity index is 1.43. The zero-order valence-electron chi connectivity index (χ0n) is 17.9. The summed E-state index contributed by atoms with van der Waals surface area (Å²) in [6.07, 6.45) is 1.96. The maximum Gasteiger partial charge on any atom is 0.254 e. The lowest BCUT2D eigenvalue weighted by Crippen LogP contribution is -2.39. The number of carbonyl (C=O) groups is 1. The summed E-state index contributed by atoms with van der Waals surface area (Å²) >= 11 is 0. The molecular weight excluding hydrogens is 374 g/mol. The van der Waals surface area contributed by atoms with Crippen LogP contribution in [0.4, 0.5) is 0 Å². The van der Waals surface area contributed by atoms with Crippen LogP contribution in [0.2, 0.25) is 0 Å². The summed E-state index contributed by atoms with van der Waals surface area (Å²) in [4.78, 5) is 15.3. The van der Waals surface area contributed by atoms with E-state index < -0.39 is 0 Å². The maximum atomic E-state index is 13.3. The Morgan fingerprint density at radius 1 is 0.967 bits per heavy atom. The van der Waals surface area contributed by atoms with Gasteiger partial charge in [-0.2, -0.15) is 0 Å². The number of likely N-dealkylation sites (tertiary alicyclic amines) is 1. The maximum absolute atomic E-state index is 13.3. The number of rotatable bonds is 5. The molecule has 1 heterocycles. The smallest absolute Gasteiger partial charge is 0.254 e. The highest BCUT2D eigenvalue weighted by Gasteiger charge is 2.30. The van der Waals surface area contributed by atoms with E-state index in [1.54, 1.807) is 0 Å². The van der Waals surface area contributed by atoms with Gasteiger partial charge in [0, 0.05) is 12.1 Å². The van der Waals surface area contributed by atoms with E-state index in [2.05, 4.69) is 0 Å². The molecule has 30 heavy (non-hydrogen) atoms. The van der Waals surface area contributed by atoms with Gasteiger partial charge in [0.2, 0.25) is 0 Å². The molecule has 1 unspecified atom stereocenters. The number of hydrogen-bond acceptors (Lipinski definition) is 3. The first-order chi connectivity index (χ1) is 14.4. The molecule has 0 radical (unpaired) electrons. The Bertz CT molecular complexity index is 1020. The van der Waals surface area contributed by atoms with Gasteiger partial charge in [0.15, 0.2) is 0 Å². The Morgan fingerprint density at radius 3 is 2.43 bits per heavy atom. The third-order valence-corrected chi connectivity index (χ3v) is 5.35. The third kappa shape index (κ3) is 4.59. The molecular formula is C26H29NO3. The molecule has 4 rings (SSSR count).